The van der Waals surface area contributed by atoms with Crippen LogP contribution in [-0.2, 0) is 26.2 Å². The zero-order chi connectivity index (χ0) is 24.9. The molecule has 0 radical (unpaired) electrons. The molecule has 0 bridgehead atoms. The summed E-state index contributed by atoms with van der Waals surface area (Å²) < 4.78 is 36.0. The Hall–Kier alpha value is -3.53. The minimum Gasteiger partial charge on any atom is -0.494 e. The van der Waals surface area contributed by atoms with E-state index in [4.69, 9.17) is 26.6 Å². The molecule has 3 rings (SSSR count). The Balaban J connectivity index is 1.84. The SMILES string of the molecule is CCOc1ccc(N2C(=O)/C(=C/c3ccc(CN(CCC#N)S(C)(=O)=O)o3)C(=O)NC2=S)cc1. The van der Waals surface area contributed by atoms with Crippen LogP contribution in [-0.4, -0.2) is 49.1 Å². The molecule has 0 aliphatic carbocycles. The molecule has 0 unspecified atom stereocenters. The van der Waals surface area contributed by atoms with Crippen molar-refractivity contribution < 1.29 is 27.2 Å². The van der Waals surface area contributed by atoms with Gasteiger partial charge in [0, 0.05) is 13.0 Å². The van der Waals surface area contributed by atoms with Crippen LogP contribution in [0.15, 0.2) is 46.4 Å². The molecule has 1 aliphatic rings. The summed E-state index contributed by atoms with van der Waals surface area (Å²) in [7, 11) is -3.56. The number of ether oxygens (including phenoxy) is 1. The fourth-order valence-electron chi connectivity index (χ4n) is 3.16. The molecule has 1 fully saturated rings. The second kappa shape index (κ2) is 10.6. The van der Waals surface area contributed by atoms with Crippen LogP contribution in [0.5, 0.6) is 5.75 Å². The molecule has 1 saturated heterocycles. The minimum absolute atomic E-state index is 0.0157. The second-order valence-electron chi connectivity index (χ2n) is 7.19. The predicted molar refractivity (Wildman–Crippen MR) is 128 cm³/mol. The molecule has 0 atom stereocenters. The van der Waals surface area contributed by atoms with E-state index in [0.717, 1.165) is 10.6 Å². The fourth-order valence-corrected chi connectivity index (χ4v) is 4.23. The largest absolute Gasteiger partial charge is 0.494 e. The molecular formula is C22H22N4O6S2. The molecule has 0 spiro atoms. The van der Waals surface area contributed by atoms with Gasteiger partial charge in [0.1, 0.15) is 22.8 Å². The normalized spacial score (nSPS) is 15.5. The second-order valence-corrected chi connectivity index (χ2v) is 9.56. The van der Waals surface area contributed by atoms with Gasteiger partial charge in [-0.2, -0.15) is 9.57 Å². The third-order valence-electron chi connectivity index (χ3n) is 4.75. The number of nitriles is 1. The van der Waals surface area contributed by atoms with Gasteiger partial charge in [0.15, 0.2) is 5.11 Å². The van der Waals surface area contributed by atoms with Crippen molar-refractivity contribution in [2.45, 2.75) is 19.9 Å². The van der Waals surface area contributed by atoms with Gasteiger partial charge in [-0.3, -0.25) is 19.8 Å². The lowest BCUT2D eigenvalue weighted by atomic mass is 10.1. The van der Waals surface area contributed by atoms with Crippen LogP contribution >= 0.6 is 12.2 Å². The minimum atomic E-state index is -3.56. The molecule has 178 valence electrons. The van der Waals surface area contributed by atoms with E-state index < -0.39 is 21.8 Å². The summed E-state index contributed by atoms with van der Waals surface area (Å²) in [6, 6.07) is 11.6. The van der Waals surface area contributed by atoms with E-state index in [2.05, 4.69) is 5.32 Å². The van der Waals surface area contributed by atoms with Gasteiger partial charge in [0.25, 0.3) is 11.8 Å². The van der Waals surface area contributed by atoms with Gasteiger partial charge in [0.2, 0.25) is 10.0 Å². The maximum Gasteiger partial charge on any atom is 0.270 e. The highest BCUT2D eigenvalue weighted by molar-refractivity contribution is 7.88. The third kappa shape index (κ3) is 5.88. The van der Waals surface area contributed by atoms with Gasteiger partial charge in [-0.15, -0.1) is 0 Å². The molecule has 2 amide bonds. The van der Waals surface area contributed by atoms with E-state index >= 15 is 0 Å². The number of hydrogen-bond donors (Lipinski definition) is 1. The molecule has 2 aromatic rings. The Bertz CT molecular complexity index is 1280. The topological polar surface area (TPSA) is 133 Å². The molecule has 1 aliphatic heterocycles. The molecule has 2 heterocycles. The number of amides is 2. The molecule has 1 aromatic heterocycles. The number of furan rings is 1. The lowest BCUT2D eigenvalue weighted by molar-refractivity contribution is -0.122. The van der Waals surface area contributed by atoms with E-state index in [-0.39, 0.29) is 41.7 Å². The number of hydrogen-bond acceptors (Lipinski definition) is 8. The van der Waals surface area contributed by atoms with Crippen molar-refractivity contribution in [3.63, 3.8) is 0 Å². The van der Waals surface area contributed by atoms with Crippen LogP contribution in [0.3, 0.4) is 0 Å². The monoisotopic (exact) mass is 502 g/mol. The number of benzene rings is 1. The van der Waals surface area contributed by atoms with Crippen molar-refractivity contribution in [2.24, 2.45) is 0 Å². The van der Waals surface area contributed by atoms with Crippen LogP contribution in [0.2, 0.25) is 0 Å². The van der Waals surface area contributed by atoms with Crippen molar-refractivity contribution >= 4 is 50.9 Å². The van der Waals surface area contributed by atoms with Gasteiger partial charge in [0.05, 0.1) is 31.2 Å². The summed E-state index contributed by atoms with van der Waals surface area (Å²) in [5, 5.41) is 11.2. The van der Waals surface area contributed by atoms with Crippen molar-refractivity contribution in [1.82, 2.24) is 9.62 Å². The van der Waals surface area contributed by atoms with Crippen LogP contribution < -0.4 is 15.0 Å². The van der Waals surface area contributed by atoms with E-state index in [9.17, 15) is 18.0 Å². The van der Waals surface area contributed by atoms with Gasteiger partial charge in [-0.05, 0) is 61.6 Å². The number of nitrogens with zero attached hydrogens (tertiary/aromatic N) is 3. The van der Waals surface area contributed by atoms with Gasteiger partial charge < -0.3 is 9.15 Å². The number of thiocarbonyl (C=S) groups is 1. The zero-order valence-corrected chi connectivity index (χ0v) is 20.1. The highest BCUT2D eigenvalue weighted by Gasteiger charge is 2.34. The standard InChI is InChI=1S/C22H22N4O6S2/c1-3-31-16-7-5-15(6-8-16)26-21(28)19(20(27)24-22(26)33)13-17-9-10-18(32-17)14-25(12-4-11-23)34(2,29)30/h5-10,13H,3-4,12,14H2,1-2H3,(H,24,27,33)/b19-13+. The van der Waals surface area contributed by atoms with E-state index in [1.54, 1.807) is 24.3 Å². The van der Waals surface area contributed by atoms with Crippen LogP contribution in [0.1, 0.15) is 24.9 Å². The highest BCUT2D eigenvalue weighted by Crippen LogP contribution is 2.25. The highest BCUT2D eigenvalue weighted by atomic mass is 32.2. The Labute approximate surface area is 202 Å². The Kier molecular flexibility index (Phi) is 7.83. The lowest BCUT2D eigenvalue weighted by Crippen LogP contribution is -2.54. The first kappa shape index (κ1) is 25.1. The maximum atomic E-state index is 13.1. The number of carbonyl (C=O) groups is 2. The van der Waals surface area contributed by atoms with E-state index in [1.165, 1.54) is 23.1 Å². The predicted octanol–water partition coefficient (Wildman–Crippen LogP) is 2.18. The fraction of sp³-hybridized carbons (Fsp3) is 0.273. The van der Waals surface area contributed by atoms with Crippen molar-refractivity contribution in [3.8, 4) is 11.8 Å². The van der Waals surface area contributed by atoms with Crippen molar-refractivity contribution in [1.29, 1.82) is 5.26 Å². The molecule has 1 aromatic carbocycles. The lowest BCUT2D eigenvalue weighted by Gasteiger charge is -2.28. The summed E-state index contributed by atoms with van der Waals surface area (Å²) in [5.74, 6) is -0.216. The van der Waals surface area contributed by atoms with Crippen molar-refractivity contribution in [3.05, 3.63) is 53.5 Å². The van der Waals surface area contributed by atoms with E-state index in [0.29, 0.717) is 18.0 Å². The molecule has 34 heavy (non-hydrogen) atoms. The zero-order valence-electron chi connectivity index (χ0n) is 18.5. The van der Waals surface area contributed by atoms with Crippen LogP contribution in [0.4, 0.5) is 5.69 Å². The Morgan fingerprint density at radius 3 is 2.56 bits per heavy atom. The number of rotatable bonds is 9. The average molecular weight is 503 g/mol. The Morgan fingerprint density at radius 2 is 1.94 bits per heavy atom. The van der Waals surface area contributed by atoms with Gasteiger partial charge in [-0.25, -0.2) is 8.42 Å². The molecule has 12 heteroatoms. The smallest absolute Gasteiger partial charge is 0.270 e. The van der Waals surface area contributed by atoms with Gasteiger partial charge >= 0.3 is 0 Å². The van der Waals surface area contributed by atoms with E-state index in [1.807, 2.05) is 13.0 Å². The summed E-state index contributed by atoms with van der Waals surface area (Å²) in [6.45, 7) is 2.28. The third-order valence-corrected chi connectivity index (χ3v) is 6.29. The molecular weight excluding hydrogens is 480 g/mol. The summed E-state index contributed by atoms with van der Waals surface area (Å²) in [4.78, 5) is 26.8. The van der Waals surface area contributed by atoms with Crippen LogP contribution in [0, 0.1) is 11.3 Å². The molecule has 10 nitrogen and oxygen atoms in total. The first-order valence-corrected chi connectivity index (χ1v) is 12.4. The quantitative estimate of drug-likeness (QED) is 0.313. The summed E-state index contributed by atoms with van der Waals surface area (Å²) in [5.41, 5.74) is 0.249. The first-order valence-electron chi connectivity index (χ1n) is 10.2. The average Bonchev–Trinajstić information content (AvgIpc) is 3.22. The van der Waals surface area contributed by atoms with Crippen LogP contribution in [0.25, 0.3) is 6.08 Å². The number of carbonyl (C=O) groups excluding carboxylic acids is 2. The number of sulfonamides is 1. The van der Waals surface area contributed by atoms with Crippen molar-refractivity contribution in [2.75, 3.05) is 24.3 Å². The first-order chi connectivity index (χ1) is 16.1. The number of anilines is 1. The Morgan fingerprint density at radius 1 is 1.24 bits per heavy atom. The number of nitrogens with one attached hydrogen (secondary N) is 1. The molecule has 0 saturated carbocycles. The summed E-state index contributed by atoms with van der Waals surface area (Å²) >= 11 is 5.19. The van der Waals surface area contributed by atoms with Gasteiger partial charge in [-0.1, -0.05) is 0 Å². The summed E-state index contributed by atoms with van der Waals surface area (Å²) in [6.07, 6.45) is 2.34. The maximum absolute atomic E-state index is 13.1. The molecule has 1 N–H and O–H groups in total.